The van der Waals surface area contributed by atoms with Gasteiger partial charge in [0.2, 0.25) is 5.95 Å². The summed E-state index contributed by atoms with van der Waals surface area (Å²) in [6.07, 6.45) is -0.486. The van der Waals surface area contributed by atoms with Gasteiger partial charge in [0.25, 0.3) is 5.91 Å². The fraction of sp³-hybridized carbons (Fsp3) is 0.355. The number of aliphatic hydroxyl groups excluding tert-OH is 1. The zero-order valence-corrected chi connectivity index (χ0v) is 28.1. The number of amides is 1. The molecule has 14 nitrogen and oxygen atoms in total. The zero-order valence-electron chi connectivity index (χ0n) is 27.2. The Morgan fingerprint density at radius 1 is 1.00 bits per heavy atom. The third-order valence-electron chi connectivity index (χ3n) is 6.86. The fourth-order valence-electron chi connectivity index (χ4n) is 4.71. The Balaban J connectivity index is 1.68. The first-order valence-electron chi connectivity index (χ1n) is 15.1. The Hall–Kier alpha value is -4.54. The van der Waals surface area contributed by atoms with Gasteiger partial charge in [0.05, 0.1) is 56.7 Å². The molecular weight excluding hydrogens is 670 g/mol. The van der Waals surface area contributed by atoms with Crippen molar-refractivity contribution in [2.45, 2.75) is 39.2 Å². The second-order valence-corrected chi connectivity index (χ2v) is 12.4. The maximum atomic E-state index is 14.1. The third-order valence-corrected chi connectivity index (χ3v) is 8.91. The van der Waals surface area contributed by atoms with Gasteiger partial charge in [-0.15, -0.1) is 0 Å². The lowest BCUT2D eigenvalue weighted by atomic mass is 10.0. The molecule has 49 heavy (non-hydrogen) atoms. The van der Waals surface area contributed by atoms with Gasteiger partial charge in [-0.05, 0) is 55.7 Å². The van der Waals surface area contributed by atoms with Gasteiger partial charge in [-0.25, -0.2) is 10.5 Å². The number of ether oxygens (including phenoxy) is 1. The number of halogens is 3. The summed E-state index contributed by atoms with van der Waals surface area (Å²) in [7, 11) is -0.800. The van der Waals surface area contributed by atoms with Gasteiger partial charge in [-0.1, -0.05) is 12.1 Å². The predicted octanol–water partition coefficient (Wildman–Crippen LogP) is 6.29. The Bertz CT molecular complexity index is 1780. The van der Waals surface area contributed by atoms with E-state index in [-0.39, 0.29) is 48.9 Å². The van der Waals surface area contributed by atoms with Gasteiger partial charge in [0.1, 0.15) is 17.1 Å². The molecule has 4 aromatic rings. The second kappa shape index (κ2) is 16.7. The number of alkyl halides is 3. The molecule has 264 valence electrons. The Morgan fingerprint density at radius 3 is 2.39 bits per heavy atom. The lowest BCUT2D eigenvalue weighted by Gasteiger charge is -2.19. The summed E-state index contributed by atoms with van der Waals surface area (Å²) in [5.74, 6) is -1.32. The summed E-state index contributed by atoms with van der Waals surface area (Å²) in [4.78, 5) is 25.7. The summed E-state index contributed by atoms with van der Waals surface area (Å²) >= 11 is 0. The van der Waals surface area contributed by atoms with Gasteiger partial charge in [-0.3, -0.25) is 18.9 Å². The first kappa shape index (κ1) is 37.3. The van der Waals surface area contributed by atoms with Gasteiger partial charge in [0.15, 0.2) is 0 Å². The largest absolute Gasteiger partial charge is 0.495 e. The molecule has 0 aliphatic heterocycles. The van der Waals surface area contributed by atoms with Crippen molar-refractivity contribution >= 4 is 36.6 Å². The molecule has 0 aliphatic rings. The maximum Gasteiger partial charge on any atom is 0.421 e. The summed E-state index contributed by atoms with van der Waals surface area (Å²) in [6, 6.07) is 9.31. The minimum Gasteiger partial charge on any atom is -0.495 e. The molecule has 2 aromatic carbocycles. The van der Waals surface area contributed by atoms with E-state index in [1.54, 1.807) is 55.2 Å². The minimum atomic E-state index is -4.85. The SMILES string of the molecule is CCOP(=O)(Cc1ccc(Nc2ncc(C(F)(F)F)c(Nc3ccc(-c4cnn(CCCO)c4)cc3C(=O)NOC)n2)c(OC)c1)OCC. The average molecular weight is 708 g/mol. The Morgan fingerprint density at radius 2 is 1.73 bits per heavy atom. The molecular formula is C31H37F3N7O7P. The van der Waals surface area contributed by atoms with Crippen LogP contribution >= 0.6 is 7.60 Å². The van der Waals surface area contributed by atoms with Crippen LogP contribution < -0.4 is 20.9 Å². The summed E-state index contributed by atoms with van der Waals surface area (Å²) < 4.78 is 73.3. The van der Waals surface area contributed by atoms with Crippen molar-refractivity contribution in [3.8, 4) is 16.9 Å². The average Bonchev–Trinajstić information content (AvgIpc) is 3.53. The van der Waals surface area contributed by atoms with Crippen molar-refractivity contribution < 1.29 is 46.3 Å². The molecule has 0 bridgehead atoms. The van der Waals surface area contributed by atoms with Crippen molar-refractivity contribution in [2.24, 2.45) is 0 Å². The number of nitrogens with zero attached hydrogens (tertiary/aromatic N) is 4. The van der Waals surface area contributed by atoms with E-state index in [1.807, 2.05) is 0 Å². The number of rotatable bonds is 17. The molecule has 0 spiro atoms. The Labute approximate surface area is 280 Å². The lowest BCUT2D eigenvalue weighted by molar-refractivity contribution is -0.137. The third kappa shape index (κ3) is 9.77. The van der Waals surface area contributed by atoms with Crippen LogP contribution in [-0.4, -0.2) is 64.8 Å². The normalized spacial score (nSPS) is 11.8. The van der Waals surface area contributed by atoms with Gasteiger partial charge in [-0.2, -0.15) is 23.3 Å². The standard InChI is InChI=1S/C31H37F3N7O7P/c1-5-47-49(44,48-6-2)19-20-8-10-26(27(14-20)45-3)38-30-35-17-24(31(32,33)34)28(39-30)37-25-11-9-21(15-23(25)29(43)40-46-4)22-16-36-41(18-22)12-7-13-42/h8-11,14-18,42H,5-7,12-13,19H2,1-4H3,(H,40,43)(H2,35,37,38,39). The van der Waals surface area contributed by atoms with E-state index < -0.39 is 31.1 Å². The van der Waals surface area contributed by atoms with E-state index in [0.29, 0.717) is 41.5 Å². The topological polar surface area (TPSA) is 171 Å². The molecule has 4 N–H and O–H groups in total. The van der Waals surface area contributed by atoms with Crippen LogP contribution in [0.25, 0.3) is 11.1 Å². The number of aryl methyl sites for hydroxylation is 1. The van der Waals surface area contributed by atoms with Gasteiger partial charge >= 0.3 is 13.8 Å². The van der Waals surface area contributed by atoms with Crippen molar-refractivity contribution in [3.05, 3.63) is 71.7 Å². The predicted molar refractivity (Wildman–Crippen MR) is 175 cm³/mol. The van der Waals surface area contributed by atoms with Crippen LogP contribution in [0.3, 0.4) is 0 Å². The van der Waals surface area contributed by atoms with Crippen LogP contribution in [0.2, 0.25) is 0 Å². The number of anilines is 4. The van der Waals surface area contributed by atoms with Crippen molar-refractivity contribution in [2.75, 3.05) is 44.7 Å². The first-order valence-corrected chi connectivity index (χ1v) is 16.8. The van der Waals surface area contributed by atoms with E-state index in [2.05, 4.69) is 31.2 Å². The molecule has 0 unspecified atom stereocenters. The van der Waals surface area contributed by atoms with Crippen LogP contribution in [0.1, 0.15) is 41.8 Å². The number of hydrogen-bond acceptors (Lipinski definition) is 12. The number of benzene rings is 2. The molecule has 2 aromatic heterocycles. The van der Waals surface area contributed by atoms with E-state index in [0.717, 1.165) is 0 Å². The Kier molecular flexibility index (Phi) is 12.7. The number of carbonyl (C=O) groups excluding carboxylic acids is 1. The molecule has 4 rings (SSSR count). The van der Waals surface area contributed by atoms with E-state index in [1.165, 1.54) is 26.4 Å². The number of nitrogens with one attached hydrogen (secondary N) is 3. The molecule has 0 aliphatic carbocycles. The van der Waals surface area contributed by atoms with E-state index in [4.69, 9.17) is 23.7 Å². The number of carbonyl (C=O) groups is 1. The highest BCUT2D eigenvalue weighted by atomic mass is 31.2. The molecule has 0 saturated heterocycles. The molecule has 0 saturated carbocycles. The highest BCUT2D eigenvalue weighted by Crippen LogP contribution is 2.51. The molecule has 18 heteroatoms. The monoisotopic (exact) mass is 707 g/mol. The van der Waals surface area contributed by atoms with Crippen LogP contribution in [0.4, 0.5) is 36.3 Å². The van der Waals surface area contributed by atoms with E-state index >= 15 is 0 Å². The van der Waals surface area contributed by atoms with E-state index in [9.17, 15) is 22.5 Å². The molecule has 0 atom stereocenters. The highest BCUT2D eigenvalue weighted by molar-refractivity contribution is 7.53. The number of hydroxylamine groups is 1. The smallest absolute Gasteiger partial charge is 0.421 e. The highest BCUT2D eigenvalue weighted by Gasteiger charge is 2.36. The van der Waals surface area contributed by atoms with Crippen LogP contribution in [0, 0.1) is 0 Å². The van der Waals surface area contributed by atoms with Crippen LogP contribution in [0.15, 0.2) is 55.0 Å². The quantitative estimate of drug-likeness (QED) is 0.0715. The number of aromatic nitrogens is 4. The second-order valence-electron chi connectivity index (χ2n) is 10.3. The molecule has 1 amide bonds. The van der Waals surface area contributed by atoms with Gasteiger partial charge < -0.3 is 29.5 Å². The minimum absolute atomic E-state index is 0.00363. The van der Waals surface area contributed by atoms with Gasteiger partial charge in [0, 0.05) is 31.1 Å². The zero-order chi connectivity index (χ0) is 35.6. The number of hydrogen-bond donors (Lipinski definition) is 4. The summed E-state index contributed by atoms with van der Waals surface area (Å²) in [6.45, 7) is 4.25. The number of aliphatic hydroxyl groups is 1. The lowest BCUT2D eigenvalue weighted by Crippen LogP contribution is -2.23. The number of methoxy groups -OCH3 is 1. The van der Waals surface area contributed by atoms with Crippen LogP contribution in [-0.2, 0) is 37.3 Å². The summed E-state index contributed by atoms with van der Waals surface area (Å²) in [5.41, 5.74) is 3.03. The van der Waals surface area contributed by atoms with Crippen molar-refractivity contribution in [3.63, 3.8) is 0 Å². The summed E-state index contributed by atoms with van der Waals surface area (Å²) in [5, 5.41) is 18.9. The molecule has 0 fully saturated rings. The van der Waals surface area contributed by atoms with Crippen molar-refractivity contribution in [1.82, 2.24) is 25.2 Å². The fourth-order valence-corrected chi connectivity index (χ4v) is 6.40. The molecule has 2 heterocycles. The van der Waals surface area contributed by atoms with Crippen LogP contribution in [0.5, 0.6) is 5.75 Å². The maximum absolute atomic E-state index is 14.1. The molecule has 0 radical (unpaired) electrons. The first-order chi connectivity index (χ1) is 23.4. The van der Waals surface area contributed by atoms with Crippen molar-refractivity contribution in [1.29, 1.82) is 0 Å².